The Morgan fingerprint density at radius 2 is 2.05 bits per heavy atom. The van der Waals surface area contributed by atoms with Crippen molar-refractivity contribution in [1.82, 2.24) is 9.55 Å². The van der Waals surface area contributed by atoms with Crippen LogP contribution in [0.1, 0.15) is 10.5 Å². The maximum Gasteiger partial charge on any atom is 0.265 e. The normalized spacial score (nSPS) is 11.4. The van der Waals surface area contributed by atoms with E-state index in [1.807, 2.05) is 4.72 Å². The van der Waals surface area contributed by atoms with Crippen LogP contribution in [0.4, 0.5) is 14.5 Å². The van der Waals surface area contributed by atoms with Crippen LogP contribution in [0.15, 0.2) is 29.3 Å². The van der Waals surface area contributed by atoms with Gasteiger partial charge in [-0.3, -0.25) is 9.52 Å². The summed E-state index contributed by atoms with van der Waals surface area (Å²) < 4.78 is 53.3. The molecule has 1 amide bonds. The number of anilines is 1. The number of carbonyl (C=O) groups excluding carboxylic acids is 1. The smallest absolute Gasteiger partial charge is 0.265 e. The molecule has 2 heterocycles. The summed E-state index contributed by atoms with van der Waals surface area (Å²) in [5.41, 5.74) is 4.53. The molecular formula is C11H10F2N4O3S. The van der Waals surface area contributed by atoms with E-state index in [4.69, 9.17) is 5.73 Å². The van der Waals surface area contributed by atoms with E-state index in [-0.39, 0.29) is 10.6 Å². The lowest BCUT2D eigenvalue weighted by molar-refractivity contribution is 0.0992. The van der Waals surface area contributed by atoms with Crippen molar-refractivity contribution in [2.24, 2.45) is 12.8 Å². The van der Waals surface area contributed by atoms with Crippen LogP contribution in [0, 0.1) is 11.9 Å². The van der Waals surface area contributed by atoms with E-state index < -0.39 is 33.5 Å². The van der Waals surface area contributed by atoms with Crippen molar-refractivity contribution in [3.8, 4) is 0 Å². The van der Waals surface area contributed by atoms with Crippen LogP contribution < -0.4 is 10.5 Å². The Hall–Kier alpha value is -2.49. The molecule has 0 unspecified atom stereocenters. The average molecular weight is 316 g/mol. The molecule has 10 heteroatoms. The van der Waals surface area contributed by atoms with E-state index in [1.165, 1.54) is 11.6 Å². The predicted molar refractivity (Wildman–Crippen MR) is 68.9 cm³/mol. The monoisotopic (exact) mass is 316 g/mol. The number of amides is 1. The first-order valence-corrected chi connectivity index (χ1v) is 7.00. The molecule has 2 aromatic rings. The predicted octanol–water partition coefficient (Wildman–Crippen LogP) is 0.598. The molecular weight excluding hydrogens is 306 g/mol. The van der Waals surface area contributed by atoms with Gasteiger partial charge in [-0.1, -0.05) is 0 Å². The van der Waals surface area contributed by atoms with Crippen LogP contribution in [0.3, 0.4) is 0 Å². The Morgan fingerprint density at radius 1 is 1.38 bits per heavy atom. The van der Waals surface area contributed by atoms with Gasteiger partial charge < -0.3 is 10.3 Å². The van der Waals surface area contributed by atoms with E-state index in [2.05, 4.69) is 4.98 Å². The van der Waals surface area contributed by atoms with Gasteiger partial charge in [0.25, 0.3) is 15.9 Å². The molecule has 0 fully saturated rings. The molecule has 0 radical (unpaired) electrons. The number of nitrogens with two attached hydrogens (primary N) is 1. The molecule has 2 rings (SSSR count). The van der Waals surface area contributed by atoms with E-state index in [1.54, 1.807) is 0 Å². The molecule has 7 nitrogen and oxygen atoms in total. The summed E-state index contributed by atoms with van der Waals surface area (Å²) in [6.07, 6.45) is 1.14. The third kappa shape index (κ3) is 2.99. The van der Waals surface area contributed by atoms with E-state index in [0.717, 1.165) is 24.4 Å². The first kappa shape index (κ1) is 14.9. The number of aromatic nitrogens is 2. The molecule has 0 saturated carbocycles. The summed E-state index contributed by atoms with van der Waals surface area (Å²) in [5, 5.41) is 0. The lowest BCUT2D eigenvalue weighted by atomic mass is 10.4. The van der Waals surface area contributed by atoms with Crippen LogP contribution in [0.5, 0.6) is 0 Å². The highest BCUT2D eigenvalue weighted by Crippen LogP contribution is 2.19. The van der Waals surface area contributed by atoms with Gasteiger partial charge in [0.05, 0.1) is 0 Å². The Bertz CT molecular complexity index is 817. The largest absolute Gasteiger partial charge is 0.364 e. The molecule has 0 atom stereocenters. The Kier molecular flexibility index (Phi) is 3.64. The highest BCUT2D eigenvalue weighted by atomic mass is 32.2. The lowest BCUT2D eigenvalue weighted by Crippen LogP contribution is -2.15. The van der Waals surface area contributed by atoms with Crippen LogP contribution in [0.2, 0.25) is 0 Å². The van der Waals surface area contributed by atoms with Crippen LogP contribution in [0.25, 0.3) is 0 Å². The third-order valence-corrected chi connectivity index (χ3v) is 3.93. The summed E-state index contributed by atoms with van der Waals surface area (Å²) in [7, 11) is -2.74. The van der Waals surface area contributed by atoms with Gasteiger partial charge in [0.2, 0.25) is 11.9 Å². The number of hydrogen-bond donors (Lipinski definition) is 2. The Labute approximate surface area is 118 Å². The molecule has 3 N–H and O–H groups in total. The van der Waals surface area contributed by atoms with Crippen molar-refractivity contribution in [2.75, 3.05) is 4.72 Å². The number of rotatable bonds is 4. The van der Waals surface area contributed by atoms with Crippen molar-refractivity contribution in [2.45, 2.75) is 4.90 Å². The molecule has 0 aromatic carbocycles. The van der Waals surface area contributed by atoms with Gasteiger partial charge in [-0.25, -0.2) is 8.42 Å². The van der Waals surface area contributed by atoms with Crippen molar-refractivity contribution >= 4 is 21.6 Å². The third-order valence-electron chi connectivity index (χ3n) is 2.60. The minimum Gasteiger partial charge on any atom is -0.364 e. The molecule has 0 aliphatic rings. The number of carbonyl (C=O) groups is 1. The summed E-state index contributed by atoms with van der Waals surface area (Å²) in [5.74, 6) is -3.19. The number of pyridine rings is 1. The topological polar surface area (TPSA) is 107 Å². The number of primary amides is 1. The standard InChI is InChI=1S/C11H10F2N4O3S/c1-17-5-6(4-8(17)11(14)18)21(19,20)16-7-2-3-9(12)15-10(7)13/h2-5,16H,1H3,(H2,14,18). The summed E-state index contributed by atoms with van der Waals surface area (Å²) in [6, 6.07) is 2.74. The van der Waals surface area contributed by atoms with Crippen molar-refractivity contribution in [1.29, 1.82) is 0 Å². The molecule has 0 bridgehead atoms. The molecule has 21 heavy (non-hydrogen) atoms. The maximum atomic E-state index is 13.4. The Morgan fingerprint density at radius 3 is 2.57 bits per heavy atom. The highest BCUT2D eigenvalue weighted by Gasteiger charge is 2.21. The molecule has 112 valence electrons. The molecule has 0 aliphatic carbocycles. The van der Waals surface area contributed by atoms with Crippen molar-refractivity contribution in [3.63, 3.8) is 0 Å². The summed E-state index contributed by atoms with van der Waals surface area (Å²) in [4.78, 5) is 13.7. The first-order chi connectivity index (χ1) is 9.70. The zero-order valence-corrected chi connectivity index (χ0v) is 11.5. The van der Waals surface area contributed by atoms with Gasteiger partial charge in [-0.2, -0.15) is 13.8 Å². The molecule has 0 aliphatic heterocycles. The van der Waals surface area contributed by atoms with Crippen molar-refractivity contribution < 1.29 is 22.0 Å². The maximum absolute atomic E-state index is 13.4. The van der Waals surface area contributed by atoms with E-state index in [9.17, 15) is 22.0 Å². The summed E-state index contributed by atoms with van der Waals surface area (Å²) in [6.45, 7) is 0. The molecule has 0 spiro atoms. The van der Waals surface area contributed by atoms with Gasteiger partial charge in [0, 0.05) is 13.2 Å². The minimum absolute atomic E-state index is 0.0342. The second-order valence-corrected chi connectivity index (χ2v) is 5.80. The number of nitrogens with one attached hydrogen (secondary N) is 1. The van der Waals surface area contributed by atoms with Crippen LogP contribution in [-0.4, -0.2) is 23.9 Å². The van der Waals surface area contributed by atoms with E-state index >= 15 is 0 Å². The summed E-state index contributed by atoms with van der Waals surface area (Å²) >= 11 is 0. The number of aryl methyl sites for hydroxylation is 1. The number of halogens is 2. The van der Waals surface area contributed by atoms with E-state index in [0.29, 0.717) is 0 Å². The second-order valence-electron chi connectivity index (χ2n) is 4.11. The van der Waals surface area contributed by atoms with Crippen molar-refractivity contribution in [3.05, 3.63) is 42.0 Å². The quantitative estimate of drug-likeness (QED) is 0.805. The fraction of sp³-hybridized carbons (Fsp3) is 0.0909. The molecule has 0 saturated heterocycles. The highest BCUT2D eigenvalue weighted by molar-refractivity contribution is 7.92. The van der Waals surface area contributed by atoms with Gasteiger partial charge in [-0.15, -0.1) is 0 Å². The zero-order chi connectivity index (χ0) is 15.8. The number of nitrogens with zero attached hydrogens (tertiary/aromatic N) is 2. The first-order valence-electron chi connectivity index (χ1n) is 5.52. The lowest BCUT2D eigenvalue weighted by Gasteiger charge is -2.06. The number of hydrogen-bond acceptors (Lipinski definition) is 4. The Balaban J connectivity index is 2.38. The van der Waals surface area contributed by atoms with Gasteiger partial charge >= 0.3 is 0 Å². The van der Waals surface area contributed by atoms with Crippen LogP contribution in [-0.2, 0) is 17.1 Å². The van der Waals surface area contributed by atoms with Crippen LogP contribution >= 0.6 is 0 Å². The average Bonchev–Trinajstić information content (AvgIpc) is 2.76. The fourth-order valence-electron chi connectivity index (χ4n) is 1.62. The minimum atomic E-state index is -4.16. The number of sulfonamides is 1. The second kappa shape index (κ2) is 5.13. The fourth-order valence-corrected chi connectivity index (χ4v) is 2.74. The zero-order valence-electron chi connectivity index (χ0n) is 10.7. The van der Waals surface area contributed by atoms with Gasteiger partial charge in [-0.05, 0) is 18.2 Å². The van der Waals surface area contributed by atoms with Gasteiger partial charge in [0.1, 0.15) is 16.3 Å². The van der Waals surface area contributed by atoms with Gasteiger partial charge in [0.15, 0.2) is 0 Å². The molecule has 2 aromatic heterocycles. The SMILES string of the molecule is Cn1cc(S(=O)(=O)Nc2ccc(F)nc2F)cc1C(N)=O.